The van der Waals surface area contributed by atoms with Crippen LogP contribution in [0.1, 0.15) is 25.0 Å². The van der Waals surface area contributed by atoms with E-state index in [4.69, 9.17) is 15.2 Å². The van der Waals surface area contributed by atoms with Crippen molar-refractivity contribution >= 4 is 0 Å². The topological polar surface area (TPSA) is 56.5 Å². The molecule has 0 bridgehead atoms. The second kappa shape index (κ2) is 5.80. The van der Waals surface area contributed by atoms with Crippen LogP contribution in [0.5, 0.6) is 11.5 Å². The van der Waals surface area contributed by atoms with Crippen LogP contribution in [0.3, 0.4) is 0 Å². The van der Waals surface area contributed by atoms with Gasteiger partial charge in [0.1, 0.15) is 13.2 Å². The summed E-state index contributed by atoms with van der Waals surface area (Å²) in [5.74, 6) is 1.73. The van der Waals surface area contributed by atoms with Crippen LogP contribution in [-0.2, 0) is 6.42 Å². The van der Waals surface area contributed by atoms with Crippen LogP contribution in [0.4, 0.5) is 0 Å². The maximum Gasteiger partial charge on any atom is 0.161 e. The highest BCUT2D eigenvalue weighted by Gasteiger charge is 2.14. The first-order valence-corrected chi connectivity index (χ1v) is 6.84. The lowest BCUT2D eigenvalue weighted by Crippen LogP contribution is -2.43. The van der Waals surface area contributed by atoms with Gasteiger partial charge in [-0.25, -0.2) is 0 Å². The summed E-state index contributed by atoms with van der Waals surface area (Å²) in [5.41, 5.74) is 8.32. The fourth-order valence-corrected chi connectivity index (χ4v) is 2.14. The Morgan fingerprint density at radius 3 is 2.47 bits per heavy atom. The number of benzene rings is 1. The number of hydrogen-bond acceptors (Lipinski definition) is 4. The molecule has 1 aliphatic heterocycles. The standard InChI is InChI=1S/C15H24N2O2/c1-11-8-13-14(19-7-6-18-13)9-12(11)4-5-17-10-15(2,3)16/h8-9,17H,4-7,10,16H2,1-3H3. The van der Waals surface area contributed by atoms with Crippen molar-refractivity contribution in [2.24, 2.45) is 5.73 Å². The quantitative estimate of drug-likeness (QED) is 0.794. The zero-order valence-corrected chi connectivity index (χ0v) is 12.1. The van der Waals surface area contributed by atoms with E-state index in [-0.39, 0.29) is 5.54 Å². The van der Waals surface area contributed by atoms with Crippen molar-refractivity contribution in [2.45, 2.75) is 32.7 Å². The SMILES string of the molecule is Cc1cc2c(cc1CCNCC(C)(C)N)OCCO2. The van der Waals surface area contributed by atoms with Crippen LogP contribution >= 0.6 is 0 Å². The summed E-state index contributed by atoms with van der Waals surface area (Å²) < 4.78 is 11.2. The maximum absolute atomic E-state index is 5.94. The summed E-state index contributed by atoms with van der Waals surface area (Å²) in [6, 6.07) is 4.16. The number of fused-ring (bicyclic) bond motifs is 1. The maximum atomic E-state index is 5.94. The Kier molecular flexibility index (Phi) is 4.32. The zero-order valence-electron chi connectivity index (χ0n) is 12.1. The largest absolute Gasteiger partial charge is 0.486 e. The van der Waals surface area contributed by atoms with E-state index in [0.29, 0.717) is 13.2 Å². The van der Waals surface area contributed by atoms with Crippen molar-refractivity contribution in [3.05, 3.63) is 23.3 Å². The molecule has 1 heterocycles. The number of rotatable bonds is 5. The highest BCUT2D eigenvalue weighted by molar-refractivity contribution is 5.47. The molecule has 0 aromatic heterocycles. The van der Waals surface area contributed by atoms with Gasteiger partial charge in [0.15, 0.2) is 11.5 Å². The molecule has 4 heteroatoms. The van der Waals surface area contributed by atoms with Crippen molar-refractivity contribution in [2.75, 3.05) is 26.3 Å². The summed E-state index contributed by atoms with van der Waals surface area (Å²) in [4.78, 5) is 0. The predicted octanol–water partition coefficient (Wildman–Crippen LogP) is 1.64. The Hall–Kier alpha value is -1.26. The second-order valence-corrected chi connectivity index (χ2v) is 5.84. The molecule has 1 aliphatic rings. The highest BCUT2D eigenvalue weighted by Crippen LogP contribution is 2.33. The average molecular weight is 264 g/mol. The molecule has 0 saturated heterocycles. The van der Waals surface area contributed by atoms with Crippen LogP contribution in [0.2, 0.25) is 0 Å². The normalized spacial score (nSPS) is 14.5. The minimum Gasteiger partial charge on any atom is -0.486 e. The molecule has 1 aromatic carbocycles. The minimum atomic E-state index is -0.165. The van der Waals surface area contributed by atoms with Crippen molar-refractivity contribution in [1.29, 1.82) is 0 Å². The first kappa shape index (κ1) is 14.2. The van der Waals surface area contributed by atoms with Gasteiger partial charge in [0, 0.05) is 12.1 Å². The van der Waals surface area contributed by atoms with Crippen LogP contribution < -0.4 is 20.5 Å². The number of aryl methyl sites for hydroxylation is 1. The van der Waals surface area contributed by atoms with E-state index in [2.05, 4.69) is 24.4 Å². The van der Waals surface area contributed by atoms with Gasteiger partial charge >= 0.3 is 0 Å². The Labute approximate surface area is 115 Å². The third kappa shape index (κ3) is 4.11. The molecule has 0 fully saturated rings. The van der Waals surface area contributed by atoms with Gasteiger partial charge in [-0.15, -0.1) is 0 Å². The second-order valence-electron chi connectivity index (χ2n) is 5.84. The van der Waals surface area contributed by atoms with Crippen LogP contribution in [0.15, 0.2) is 12.1 Å². The lowest BCUT2D eigenvalue weighted by atomic mass is 10.0. The van der Waals surface area contributed by atoms with Gasteiger partial charge in [-0.3, -0.25) is 0 Å². The first-order chi connectivity index (χ1) is 8.96. The van der Waals surface area contributed by atoms with Crippen molar-refractivity contribution < 1.29 is 9.47 Å². The van der Waals surface area contributed by atoms with Crippen LogP contribution in [-0.4, -0.2) is 31.8 Å². The van der Waals surface area contributed by atoms with Crippen LogP contribution in [0, 0.1) is 6.92 Å². The van der Waals surface area contributed by atoms with Crippen LogP contribution in [0.25, 0.3) is 0 Å². The van der Waals surface area contributed by atoms with Gasteiger partial charge in [-0.05, 0) is 57.0 Å². The molecule has 0 atom stereocenters. The number of nitrogens with two attached hydrogens (primary N) is 1. The summed E-state index contributed by atoms with van der Waals surface area (Å²) in [5, 5.41) is 3.38. The van der Waals surface area contributed by atoms with E-state index < -0.39 is 0 Å². The summed E-state index contributed by atoms with van der Waals surface area (Å²) in [6.07, 6.45) is 0.971. The number of hydrogen-bond donors (Lipinski definition) is 2. The Bertz CT molecular complexity index is 439. The van der Waals surface area contributed by atoms with Gasteiger partial charge in [0.05, 0.1) is 0 Å². The first-order valence-electron chi connectivity index (χ1n) is 6.84. The zero-order chi connectivity index (χ0) is 13.9. The summed E-state index contributed by atoms with van der Waals surface area (Å²) in [6.45, 7) is 9.16. The molecular weight excluding hydrogens is 240 g/mol. The van der Waals surface area contributed by atoms with E-state index in [1.165, 1.54) is 11.1 Å². The highest BCUT2D eigenvalue weighted by atomic mass is 16.6. The predicted molar refractivity (Wildman–Crippen MR) is 77.0 cm³/mol. The molecule has 0 amide bonds. The number of ether oxygens (including phenoxy) is 2. The molecule has 0 unspecified atom stereocenters. The molecule has 1 aromatic rings. The van der Waals surface area contributed by atoms with E-state index in [9.17, 15) is 0 Å². The Morgan fingerprint density at radius 2 is 1.84 bits per heavy atom. The molecule has 0 saturated carbocycles. The van der Waals surface area contributed by atoms with Gasteiger partial charge in [-0.2, -0.15) is 0 Å². The van der Waals surface area contributed by atoms with E-state index in [1.807, 2.05) is 13.8 Å². The lowest BCUT2D eigenvalue weighted by molar-refractivity contribution is 0.171. The third-order valence-corrected chi connectivity index (χ3v) is 3.15. The van der Waals surface area contributed by atoms with Crippen molar-refractivity contribution in [3.63, 3.8) is 0 Å². The van der Waals surface area contributed by atoms with E-state index >= 15 is 0 Å². The third-order valence-electron chi connectivity index (χ3n) is 3.15. The molecular formula is C15H24N2O2. The van der Waals surface area contributed by atoms with Gasteiger partial charge < -0.3 is 20.5 Å². The summed E-state index contributed by atoms with van der Waals surface area (Å²) >= 11 is 0. The van der Waals surface area contributed by atoms with E-state index in [0.717, 1.165) is 31.0 Å². The van der Waals surface area contributed by atoms with Gasteiger partial charge in [0.2, 0.25) is 0 Å². The fraction of sp³-hybridized carbons (Fsp3) is 0.600. The van der Waals surface area contributed by atoms with E-state index in [1.54, 1.807) is 0 Å². The lowest BCUT2D eigenvalue weighted by Gasteiger charge is -2.21. The molecule has 0 aliphatic carbocycles. The van der Waals surface area contributed by atoms with Gasteiger partial charge in [-0.1, -0.05) is 0 Å². The summed E-state index contributed by atoms with van der Waals surface area (Å²) in [7, 11) is 0. The Balaban J connectivity index is 1.93. The fourth-order valence-electron chi connectivity index (χ4n) is 2.14. The van der Waals surface area contributed by atoms with Crippen molar-refractivity contribution in [1.82, 2.24) is 5.32 Å². The molecule has 2 rings (SSSR count). The monoisotopic (exact) mass is 264 g/mol. The molecule has 4 nitrogen and oxygen atoms in total. The molecule has 19 heavy (non-hydrogen) atoms. The van der Waals surface area contributed by atoms with Gasteiger partial charge in [0.25, 0.3) is 0 Å². The molecule has 3 N–H and O–H groups in total. The smallest absolute Gasteiger partial charge is 0.161 e. The molecule has 0 spiro atoms. The Morgan fingerprint density at radius 1 is 1.21 bits per heavy atom. The molecule has 0 radical (unpaired) electrons. The minimum absolute atomic E-state index is 0.165. The number of nitrogens with one attached hydrogen (secondary N) is 1. The average Bonchev–Trinajstić information content (AvgIpc) is 2.33. The molecule has 106 valence electrons. The van der Waals surface area contributed by atoms with Crippen molar-refractivity contribution in [3.8, 4) is 11.5 Å².